The molecule has 1 fully saturated rings. The Morgan fingerprint density at radius 3 is 2.83 bits per heavy atom. The summed E-state index contributed by atoms with van der Waals surface area (Å²) in [7, 11) is 0. The van der Waals surface area contributed by atoms with Gasteiger partial charge >= 0.3 is 0 Å². The summed E-state index contributed by atoms with van der Waals surface area (Å²) in [6.07, 6.45) is 0. The van der Waals surface area contributed by atoms with E-state index >= 15 is 0 Å². The van der Waals surface area contributed by atoms with Crippen LogP contribution in [0.2, 0.25) is 0 Å². The first-order chi connectivity index (χ1) is 10.1. The molecule has 1 N–H and O–H groups in total. The van der Waals surface area contributed by atoms with Crippen molar-refractivity contribution in [2.75, 3.05) is 19.6 Å². The van der Waals surface area contributed by atoms with Gasteiger partial charge in [0.15, 0.2) is 0 Å². The van der Waals surface area contributed by atoms with Gasteiger partial charge in [0.1, 0.15) is 0 Å². The number of hydrogen-bond donors (Lipinski definition) is 1. The van der Waals surface area contributed by atoms with Crippen molar-refractivity contribution in [2.45, 2.75) is 19.9 Å². The molecule has 1 saturated heterocycles. The molecule has 1 aromatic carbocycles. The van der Waals surface area contributed by atoms with E-state index in [-0.39, 0.29) is 36.8 Å². The molecule has 2 aromatic rings. The molecule has 0 saturated carbocycles. The van der Waals surface area contributed by atoms with Crippen molar-refractivity contribution in [1.29, 1.82) is 0 Å². The summed E-state index contributed by atoms with van der Waals surface area (Å²) in [5.41, 5.74) is 2.69. The fourth-order valence-corrected chi connectivity index (χ4v) is 3.24. The first-order valence-corrected chi connectivity index (χ1v) is 8.07. The lowest BCUT2D eigenvalue weighted by Crippen LogP contribution is -2.52. The zero-order valence-corrected chi connectivity index (χ0v) is 15.6. The van der Waals surface area contributed by atoms with E-state index in [0.29, 0.717) is 0 Å². The Bertz CT molecular complexity index is 662. The Morgan fingerprint density at radius 1 is 1.39 bits per heavy atom. The number of rotatable bonds is 2. The number of thiazole rings is 1. The van der Waals surface area contributed by atoms with Crippen LogP contribution < -0.4 is 5.32 Å². The van der Waals surface area contributed by atoms with Gasteiger partial charge in [-0.3, -0.25) is 4.79 Å². The summed E-state index contributed by atoms with van der Waals surface area (Å²) in [6.45, 7) is 6.56. The van der Waals surface area contributed by atoms with Gasteiger partial charge in [-0.2, -0.15) is 0 Å². The molecule has 2 heterocycles. The largest absolute Gasteiger partial charge is 0.333 e. The summed E-state index contributed by atoms with van der Waals surface area (Å²) < 4.78 is 0. The average molecular weight is 374 g/mol. The minimum atomic E-state index is 0. The molecule has 23 heavy (non-hydrogen) atoms. The molecule has 0 unspecified atom stereocenters. The molecule has 3 rings (SSSR count). The highest BCUT2D eigenvalue weighted by molar-refractivity contribution is 7.09. The number of carbonyl (C=O) groups excluding carboxylic acids is 1. The van der Waals surface area contributed by atoms with Crippen molar-refractivity contribution in [3.8, 4) is 11.3 Å². The highest BCUT2D eigenvalue weighted by Crippen LogP contribution is 2.23. The molecular formula is C16H21Cl2N3OS. The number of nitrogens with zero attached hydrogens (tertiary/aromatic N) is 2. The van der Waals surface area contributed by atoms with Crippen LogP contribution in [0.5, 0.6) is 0 Å². The van der Waals surface area contributed by atoms with Crippen LogP contribution in [0.15, 0.2) is 29.6 Å². The number of nitrogens with one attached hydrogen (secondary N) is 1. The zero-order valence-electron chi connectivity index (χ0n) is 13.1. The molecule has 1 aliphatic rings. The third-order valence-electron chi connectivity index (χ3n) is 3.79. The number of benzene rings is 1. The Kier molecular flexibility index (Phi) is 7.48. The monoisotopic (exact) mass is 373 g/mol. The maximum atomic E-state index is 12.7. The summed E-state index contributed by atoms with van der Waals surface area (Å²) in [6, 6.07) is 8.01. The summed E-state index contributed by atoms with van der Waals surface area (Å²) in [5.74, 6) is 0.109. The van der Waals surface area contributed by atoms with E-state index in [1.807, 2.05) is 41.5 Å². The molecule has 1 atom stereocenters. The lowest BCUT2D eigenvalue weighted by molar-refractivity contribution is 0.0656. The Labute approximate surface area is 153 Å². The smallest absolute Gasteiger partial charge is 0.254 e. The lowest BCUT2D eigenvalue weighted by atomic mass is 10.1. The van der Waals surface area contributed by atoms with Crippen molar-refractivity contribution in [3.63, 3.8) is 0 Å². The first-order valence-electron chi connectivity index (χ1n) is 7.19. The third-order valence-corrected chi connectivity index (χ3v) is 4.56. The van der Waals surface area contributed by atoms with E-state index in [4.69, 9.17) is 0 Å². The second-order valence-electron chi connectivity index (χ2n) is 5.38. The fraction of sp³-hybridized carbons (Fsp3) is 0.375. The SMILES string of the molecule is Cc1nc(-c2cccc(C(=O)N3CCNC[C@@H]3C)c2)cs1.Cl.Cl. The van der Waals surface area contributed by atoms with E-state index < -0.39 is 0 Å². The highest BCUT2D eigenvalue weighted by atomic mass is 35.5. The summed E-state index contributed by atoms with van der Waals surface area (Å²) >= 11 is 1.63. The van der Waals surface area contributed by atoms with Crippen LogP contribution in [-0.4, -0.2) is 41.5 Å². The Balaban J connectivity index is 0.00000132. The molecule has 7 heteroatoms. The topological polar surface area (TPSA) is 45.2 Å². The molecular weight excluding hydrogens is 353 g/mol. The molecule has 0 radical (unpaired) electrons. The van der Waals surface area contributed by atoms with Crippen molar-refractivity contribution in [3.05, 3.63) is 40.2 Å². The van der Waals surface area contributed by atoms with Crippen molar-refractivity contribution in [2.24, 2.45) is 0 Å². The van der Waals surface area contributed by atoms with Crippen LogP contribution in [-0.2, 0) is 0 Å². The van der Waals surface area contributed by atoms with Gasteiger partial charge in [-0.1, -0.05) is 12.1 Å². The number of hydrogen-bond acceptors (Lipinski definition) is 4. The molecule has 1 aliphatic heterocycles. The minimum Gasteiger partial charge on any atom is -0.333 e. The molecule has 126 valence electrons. The number of aromatic nitrogens is 1. The first kappa shape index (κ1) is 19.9. The normalized spacial score (nSPS) is 17.1. The molecule has 0 aliphatic carbocycles. The molecule has 0 spiro atoms. The van der Waals surface area contributed by atoms with Crippen LogP contribution in [0.1, 0.15) is 22.3 Å². The van der Waals surface area contributed by atoms with E-state index in [1.54, 1.807) is 11.3 Å². The van der Waals surface area contributed by atoms with Crippen molar-refractivity contribution in [1.82, 2.24) is 15.2 Å². The van der Waals surface area contributed by atoms with Gasteiger partial charge in [0.25, 0.3) is 5.91 Å². The second kappa shape index (κ2) is 8.64. The highest BCUT2D eigenvalue weighted by Gasteiger charge is 2.24. The number of aryl methyl sites for hydroxylation is 1. The maximum absolute atomic E-state index is 12.7. The molecule has 0 bridgehead atoms. The van der Waals surface area contributed by atoms with E-state index in [1.165, 1.54) is 0 Å². The lowest BCUT2D eigenvalue weighted by Gasteiger charge is -2.34. The van der Waals surface area contributed by atoms with Crippen LogP contribution in [0, 0.1) is 6.92 Å². The Hall–Kier alpha value is -1.14. The van der Waals surface area contributed by atoms with Crippen molar-refractivity contribution < 1.29 is 4.79 Å². The number of piperazine rings is 1. The number of amides is 1. The summed E-state index contributed by atoms with van der Waals surface area (Å²) in [4.78, 5) is 19.1. The minimum absolute atomic E-state index is 0. The van der Waals surface area contributed by atoms with Gasteiger partial charge in [-0.05, 0) is 26.0 Å². The molecule has 4 nitrogen and oxygen atoms in total. The van der Waals surface area contributed by atoms with E-state index in [0.717, 1.165) is 41.5 Å². The molecule has 1 aromatic heterocycles. The van der Waals surface area contributed by atoms with Gasteiger partial charge in [-0.25, -0.2) is 4.98 Å². The number of halogens is 2. The van der Waals surface area contributed by atoms with Gasteiger partial charge < -0.3 is 10.2 Å². The quantitative estimate of drug-likeness (QED) is 0.877. The van der Waals surface area contributed by atoms with Crippen LogP contribution in [0.4, 0.5) is 0 Å². The second-order valence-corrected chi connectivity index (χ2v) is 6.45. The van der Waals surface area contributed by atoms with E-state index in [9.17, 15) is 4.79 Å². The van der Waals surface area contributed by atoms with Gasteiger partial charge in [0.2, 0.25) is 0 Å². The fourth-order valence-electron chi connectivity index (χ4n) is 2.62. The average Bonchev–Trinajstić information content (AvgIpc) is 2.94. The predicted molar refractivity (Wildman–Crippen MR) is 100 cm³/mol. The Morgan fingerprint density at radius 2 is 2.17 bits per heavy atom. The van der Waals surface area contributed by atoms with Gasteiger partial charge in [0.05, 0.1) is 10.7 Å². The zero-order chi connectivity index (χ0) is 14.8. The molecule has 1 amide bonds. The van der Waals surface area contributed by atoms with Gasteiger partial charge in [0, 0.05) is 42.2 Å². The van der Waals surface area contributed by atoms with E-state index in [2.05, 4.69) is 17.2 Å². The van der Waals surface area contributed by atoms with Crippen LogP contribution in [0.25, 0.3) is 11.3 Å². The maximum Gasteiger partial charge on any atom is 0.254 e. The third kappa shape index (κ3) is 4.44. The number of carbonyl (C=O) groups is 1. The van der Waals surface area contributed by atoms with Gasteiger partial charge in [-0.15, -0.1) is 36.2 Å². The standard InChI is InChI=1S/C16H19N3OS.2ClH/c1-11-9-17-6-7-19(11)16(20)14-5-3-4-13(8-14)15-10-21-12(2)18-15;;/h3-5,8,10-11,17H,6-7,9H2,1-2H3;2*1H/t11-;;/m0../s1. The van der Waals surface area contributed by atoms with Crippen LogP contribution in [0.3, 0.4) is 0 Å². The van der Waals surface area contributed by atoms with Crippen LogP contribution >= 0.6 is 36.2 Å². The van der Waals surface area contributed by atoms with Crippen molar-refractivity contribution >= 4 is 42.1 Å². The predicted octanol–water partition coefficient (Wildman–Crippen LogP) is 3.40. The summed E-state index contributed by atoms with van der Waals surface area (Å²) in [5, 5.41) is 6.38.